The van der Waals surface area contributed by atoms with Crippen LogP contribution in [0.4, 0.5) is 0 Å². The molecule has 2 rings (SSSR count). The minimum Gasteiger partial charge on any atom is -0.493 e. The molecule has 94 valence electrons. The molecule has 1 aromatic rings. The Labute approximate surface area is 107 Å². The number of ether oxygens (including phenoxy) is 3. The van der Waals surface area contributed by atoms with Crippen molar-refractivity contribution >= 4 is 11.6 Å². The van der Waals surface area contributed by atoms with Crippen LogP contribution in [0, 0.1) is 0 Å². The lowest BCUT2D eigenvalue weighted by molar-refractivity contribution is 0.0245. The molecule has 0 unspecified atom stereocenters. The maximum atomic E-state index is 5.96. The van der Waals surface area contributed by atoms with Gasteiger partial charge in [-0.15, -0.1) is 11.6 Å². The number of hydrogen-bond donors (Lipinski definition) is 0. The van der Waals surface area contributed by atoms with Gasteiger partial charge in [0.25, 0.3) is 0 Å². The van der Waals surface area contributed by atoms with E-state index in [1.165, 1.54) is 0 Å². The van der Waals surface area contributed by atoms with Crippen LogP contribution in [-0.4, -0.2) is 26.4 Å². The zero-order chi connectivity index (χ0) is 12.1. The Morgan fingerprint density at radius 2 is 2.06 bits per heavy atom. The molecule has 0 saturated carbocycles. The molecule has 0 aliphatic carbocycles. The number of halogens is 1. The Bertz CT molecular complexity index is 362. The van der Waals surface area contributed by atoms with E-state index in [4.69, 9.17) is 25.8 Å². The Hall–Kier alpha value is -0.930. The molecule has 1 heterocycles. The smallest absolute Gasteiger partial charge is 0.161 e. The van der Waals surface area contributed by atoms with E-state index in [1.807, 2.05) is 18.2 Å². The summed E-state index contributed by atoms with van der Waals surface area (Å²) in [5.41, 5.74) is 1.04. The molecule has 0 bridgehead atoms. The van der Waals surface area contributed by atoms with E-state index >= 15 is 0 Å². The molecule has 1 aromatic carbocycles. The highest BCUT2D eigenvalue weighted by atomic mass is 35.5. The predicted molar refractivity (Wildman–Crippen MR) is 67.0 cm³/mol. The van der Waals surface area contributed by atoms with Crippen molar-refractivity contribution in [3.8, 4) is 11.5 Å². The van der Waals surface area contributed by atoms with Gasteiger partial charge in [0.1, 0.15) is 6.10 Å². The van der Waals surface area contributed by atoms with Crippen molar-refractivity contribution in [3.63, 3.8) is 0 Å². The normalized spacial score (nSPS) is 16.8. The van der Waals surface area contributed by atoms with Crippen molar-refractivity contribution < 1.29 is 14.2 Å². The molecule has 1 aliphatic heterocycles. The first kappa shape index (κ1) is 12.5. The molecule has 1 saturated heterocycles. The van der Waals surface area contributed by atoms with E-state index in [0.717, 1.165) is 43.1 Å². The molecular formula is C13H17ClO3. The molecule has 0 atom stereocenters. The maximum absolute atomic E-state index is 5.96. The van der Waals surface area contributed by atoms with Crippen molar-refractivity contribution in [2.24, 2.45) is 0 Å². The van der Waals surface area contributed by atoms with Gasteiger partial charge in [-0.2, -0.15) is 0 Å². The van der Waals surface area contributed by atoms with Gasteiger partial charge in [-0.05, 0) is 17.7 Å². The molecule has 1 fully saturated rings. The van der Waals surface area contributed by atoms with Crippen LogP contribution in [0.2, 0.25) is 0 Å². The van der Waals surface area contributed by atoms with E-state index in [-0.39, 0.29) is 6.10 Å². The van der Waals surface area contributed by atoms with Crippen LogP contribution < -0.4 is 9.47 Å². The highest BCUT2D eigenvalue weighted by Crippen LogP contribution is 2.30. The minimum absolute atomic E-state index is 0.211. The largest absolute Gasteiger partial charge is 0.493 e. The average Bonchev–Trinajstić information content (AvgIpc) is 2.40. The van der Waals surface area contributed by atoms with E-state index in [2.05, 4.69) is 0 Å². The van der Waals surface area contributed by atoms with Crippen LogP contribution in [0.3, 0.4) is 0 Å². The van der Waals surface area contributed by atoms with Gasteiger partial charge in [0.2, 0.25) is 0 Å². The Kier molecular flexibility index (Phi) is 4.51. The molecule has 17 heavy (non-hydrogen) atoms. The molecule has 1 aliphatic rings. The van der Waals surface area contributed by atoms with Crippen LogP contribution in [0.15, 0.2) is 18.2 Å². The third-order valence-corrected chi connectivity index (χ3v) is 3.15. The fourth-order valence-corrected chi connectivity index (χ4v) is 2.04. The molecule has 0 radical (unpaired) electrons. The quantitative estimate of drug-likeness (QED) is 0.775. The number of benzene rings is 1. The highest BCUT2D eigenvalue weighted by molar-refractivity contribution is 6.17. The third-order valence-electron chi connectivity index (χ3n) is 2.84. The lowest BCUT2D eigenvalue weighted by Gasteiger charge is -2.24. The number of hydrogen-bond acceptors (Lipinski definition) is 3. The minimum atomic E-state index is 0.211. The topological polar surface area (TPSA) is 27.7 Å². The first-order chi connectivity index (χ1) is 8.33. The molecule has 0 aromatic heterocycles. The Morgan fingerprint density at radius 1 is 1.29 bits per heavy atom. The van der Waals surface area contributed by atoms with Crippen LogP contribution in [0.25, 0.3) is 0 Å². The van der Waals surface area contributed by atoms with Gasteiger partial charge in [-0.3, -0.25) is 0 Å². The first-order valence-corrected chi connectivity index (χ1v) is 6.34. The summed E-state index contributed by atoms with van der Waals surface area (Å²) in [6.45, 7) is 1.53. The summed E-state index contributed by atoms with van der Waals surface area (Å²) in [6, 6.07) is 5.79. The number of alkyl halides is 1. The zero-order valence-electron chi connectivity index (χ0n) is 9.95. The average molecular weight is 257 g/mol. The summed E-state index contributed by atoms with van der Waals surface area (Å²) in [5.74, 6) is 2.01. The molecule has 3 nitrogen and oxygen atoms in total. The van der Waals surface area contributed by atoms with Crippen molar-refractivity contribution in [1.82, 2.24) is 0 Å². The summed E-state index contributed by atoms with van der Waals surface area (Å²) >= 11 is 5.82. The standard InChI is InChI=1S/C13H17ClO3/c1-15-12-3-2-10(9-14)8-13(12)17-11-4-6-16-7-5-11/h2-3,8,11H,4-7,9H2,1H3. The molecular weight excluding hydrogens is 240 g/mol. The summed E-state index contributed by atoms with van der Waals surface area (Å²) in [4.78, 5) is 0. The van der Waals surface area contributed by atoms with Gasteiger partial charge in [0.05, 0.1) is 20.3 Å². The second-order valence-corrected chi connectivity index (χ2v) is 4.32. The van der Waals surface area contributed by atoms with Crippen molar-refractivity contribution in [2.45, 2.75) is 24.8 Å². The Morgan fingerprint density at radius 3 is 2.71 bits per heavy atom. The zero-order valence-corrected chi connectivity index (χ0v) is 10.7. The van der Waals surface area contributed by atoms with E-state index in [1.54, 1.807) is 7.11 Å². The highest BCUT2D eigenvalue weighted by Gasteiger charge is 2.17. The molecule has 0 spiro atoms. The lowest BCUT2D eigenvalue weighted by atomic mass is 10.1. The molecule has 0 amide bonds. The molecule has 0 N–H and O–H groups in total. The monoisotopic (exact) mass is 256 g/mol. The van der Waals surface area contributed by atoms with Gasteiger partial charge in [-0.25, -0.2) is 0 Å². The Balaban J connectivity index is 2.11. The fraction of sp³-hybridized carbons (Fsp3) is 0.538. The van der Waals surface area contributed by atoms with Crippen LogP contribution in [0.5, 0.6) is 11.5 Å². The fourth-order valence-electron chi connectivity index (χ4n) is 1.87. The second kappa shape index (κ2) is 6.12. The number of methoxy groups -OCH3 is 1. The third kappa shape index (κ3) is 3.27. The van der Waals surface area contributed by atoms with Crippen LogP contribution in [-0.2, 0) is 10.6 Å². The van der Waals surface area contributed by atoms with E-state index in [9.17, 15) is 0 Å². The van der Waals surface area contributed by atoms with Gasteiger partial charge in [0, 0.05) is 18.7 Å². The van der Waals surface area contributed by atoms with E-state index in [0.29, 0.717) is 5.88 Å². The predicted octanol–water partition coefficient (Wildman–Crippen LogP) is 2.99. The van der Waals surface area contributed by atoms with Crippen molar-refractivity contribution in [3.05, 3.63) is 23.8 Å². The van der Waals surface area contributed by atoms with Crippen LogP contribution in [0.1, 0.15) is 18.4 Å². The van der Waals surface area contributed by atoms with Gasteiger partial charge in [0.15, 0.2) is 11.5 Å². The summed E-state index contributed by atoms with van der Waals surface area (Å²) in [7, 11) is 1.65. The molecule has 4 heteroatoms. The van der Waals surface area contributed by atoms with E-state index < -0.39 is 0 Å². The summed E-state index contributed by atoms with van der Waals surface area (Å²) < 4.78 is 16.5. The van der Waals surface area contributed by atoms with Gasteiger partial charge in [-0.1, -0.05) is 6.07 Å². The summed E-state index contributed by atoms with van der Waals surface area (Å²) in [5, 5.41) is 0. The first-order valence-electron chi connectivity index (χ1n) is 5.80. The summed E-state index contributed by atoms with van der Waals surface area (Å²) in [6.07, 6.45) is 2.06. The van der Waals surface area contributed by atoms with Gasteiger partial charge >= 0.3 is 0 Å². The second-order valence-electron chi connectivity index (χ2n) is 4.05. The van der Waals surface area contributed by atoms with Crippen LogP contribution >= 0.6 is 11.6 Å². The SMILES string of the molecule is COc1ccc(CCl)cc1OC1CCOCC1. The van der Waals surface area contributed by atoms with Crippen molar-refractivity contribution in [1.29, 1.82) is 0 Å². The van der Waals surface area contributed by atoms with Gasteiger partial charge < -0.3 is 14.2 Å². The lowest BCUT2D eigenvalue weighted by Crippen LogP contribution is -2.26. The van der Waals surface area contributed by atoms with Crippen molar-refractivity contribution in [2.75, 3.05) is 20.3 Å². The maximum Gasteiger partial charge on any atom is 0.161 e. The number of rotatable bonds is 4.